The van der Waals surface area contributed by atoms with Gasteiger partial charge in [-0.1, -0.05) is 19.3 Å². The highest BCUT2D eigenvalue weighted by molar-refractivity contribution is 5.69. The molecule has 1 aliphatic carbocycles. The highest BCUT2D eigenvalue weighted by Gasteiger charge is 2.18. The van der Waals surface area contributed by atoms with E-state index in [1.165, 1.54) is 19.3 Å². The Bertz CT molecular complexity index is 340. The minimum Gasteiger partial charge on any atom is -0.481 e. The molecule has 0 atom stereocenters. The lowest BCUT2D eigenvalue weighted by atomic mass is 9.95. The van der Waals surface area contributed by atoms with Crippen molar-refractivity contribution in [2.45, 2.75) is 44.6 Å². The van der Waals surface area contributed by atoms with Crippen LogP contribution in [0.5, 0.6) is 0 Å². The molecule has 1 saturated carbocycles. The highest BCUT2D eigenvalue weighted by Crippen LogP contribution is 2.28. The van der Waals surface area contributed by atoms with Gasteiger partial charge in [0.2, 0.25) is 0 Å². The summed E-state index contributed by atoms with van der Waals surface area (Å²) in [6.45, 7) is 0. The fourth-order valence-corrected chi connectivity index (χ4v) is 2.29. The standard InChI is InChI=1S/C11H16N2O2/c14-11(15)8-10-6-7-12-13(10)9-4-2-1-3-5-9/h6-7,9H,1-5,8H2,(H,14,15). The van der Waals surface area contributed by atoms with Crippen molar-refractivity contribution in [3.63, 3.8) is 0 Å². The number of aliphatic carboxylic acids is 1. The van der Waals surface area contributed by atoms with Gasteiger partial charge in [0.05, 0.1) is 12.5 Å². The number of carbonyl (C=O) groups is 1. The van der Waals surface area contributed by atoms with E-state index in [-0.39, 0.29) is 6.42 Å². The molecule has 1 aliphatic rings. The molecule has 0 aromatic carbocycles. The molecular weight excluding hydrogens is 192 g/mol. The zero-order valence-electron chi connectivity index (χ0n) is 8.72. The van der Waals surface area contributed by atoms with Crippen LogP contribution in [0.15, 0.2) is 12.3 Å². The van der Waals surface area contributed by atoms with Crippen LogP contribution < -0.4 is 0 Å². The first-order valence-corrected chi connectivity index (χ1v) is 5.51. The lowest BCUT2D eigenvalue weighted by Crippen LogP contribution is -2.18. The molecule has 1 heterocycles. The minimum absolute atomic E-state index is 0.0799. The molecule has 1 aromatic rings. The number of hydrogen-bond acceptors (Lipinski definition) is 2. The Morgan fingerprint density at radius 3 is 2.87 bits per heavy atom. The third-order valence-corrected chi connectivity index (χ3v) is 3.01. The van der Waals surface area contributed by atoms with E-state index in [9.17, 15) is 4.79 Å². The van der Waals surface area contributed by atoms with Crippen LogP contribution in [-0.2, 0) is 11.2 Å². The molecule has 0 spiro atoms. The van der Waals surface area contributed by atoms with Gasteiger partial charge in [-0.3, -0.25) is 9.48 Å². The Morgan fingerprint density at radius 2 is 2.20 bits per heavy atom. The summed E-state index contributed by atoms with van der Waals surface area (Å²) in [5.41, 5.74) is 0.828. The van der Waals surface area contributed by atoms with Crippen LogP contribution in [-0.4, -0.2) is 20.9 Å². The van der Waals surface area contributed by atoms with Crippen molar-refractivity contribution in [2.75, 3.05) is 0 Å². The van der Waals surface area contributed by atoms with Gasteiger partial charge in [0.1, 0.15) is 0 Å². The van der Waals surface area contributed by atoms with Crippen LogP contribution >= 0.6 is 0 Å². The molecule has 82 valence electrons. The minimum atomic E-state index is -0.785. The number of nitrogens with zero attached hydrogens (tertiary/aromatic N) is 2. The Labute approximate surface area is 88.9 Å². The van der Waals surface area contributed by atoms with E-state index < -0.39 is 5.97 Å². The molecule has 1 fully saturated rings. The summed E-state index contributed by atoms with van der Waals surface area (Å²) < 4.78 is 1.91. The van der Waals surface area contributed by atoms with Crippen molar-refractivity contribution in [3.8, 4) is 0 Å². The molecule has 4 nitrogen and oxygen atoms in total. The van der Waals surface area contributed by atoms with Gasteiger partial charge < -0.3 is 5.11 Å². The van der Waals surface area contributed by atoms with Crippen molar-refractivity contribution < 1.29 is 9.90 Å². The van der Waals surface area contributed by atoms with E-state index in [4.69, 9.17) is 5.11 Å². The van der Waals surface area contributed by atoms with Crippen molar-refractivity contribution in [1.82, 2.24) is 9.78 Å². The maximum atomic E-state index is 10.7. The molecule has 0 aliphatic heterocycles. The van der Waals surface area contributed by atoms with E-state index in [1.54, 1.807) is 6.20 Å². The third kappa shape index (κ3) is 2.37. The second kappa shape index (κ2) is 4.47. The first-order chi connectivity index (χ1) is 7.27. The zero-order chi connectivity index (χ0) is 10.7. The summed E-state index contributed by atoms with van der Waals surface area (Å²) in [4.78, 5) is 10.7. The second-order valence-corrected chi connectivity index (χ2v) is 4.13. The Kier molecular flexibility index (Phi) is 3.04. The number of aromatic nitrogens is 2. The quantitative estimate of drug-likeness (QED) is 0.826. The topological polar surface area (TPSA) is 55.1 Å². The summed E-state index contributed by atoms with van der Waals surface area (Å²) in [6.07, 6.45) is 7.81. The normalized spacial score (nSPS) is 17.9. The monoisotopic (exact) mass is 208 g/mol. The average Bonchev–Trinajstić information content (AvgIpc) is 2.66. The van der Waals surface area contributed by atoms with Crippen LogP contribution in [0.3, 0.4) is 0 Å². The average molecular weight is 208 g/mol. The smallest absolute Gasteiger partial charge is 0.309 e. The van der Waals surface area contributed by atoms with Crippen molar-refractivity contribution in [3.05, 3.63) is 18.0 Å². The number of rotatable bonds is 3. The molecule has 0 amide bonds. The predicted molar refractivity (Wildman–Crippen MR) is 55.7 cm³/mol. The summed E-state index contributed by atoms with van der Waals surface area (Å²) in [6, 6.07) is 2.23. The van der Waals surface area contributed by atoms with Gasteiger partial charge in [-0.05, 0) is 18.9 Å². The number of carboxylic acid groups (broad SMARTS) is 1. The molecule has 0 saturated heterocycles. The Hall–Kier alpha value is -1.32. The van der Waals surface area contributed by atoms with Crippen molar-refractivity contribution in [1.29, 1.82) is 0 Å². The molecule has 0 radical (unpaired) electrons. The van der Waals surface area contributed by atoms with Crippen molar-refractivity contribution >= 4 is 5.97 Å². The van der Waals surface area contributed by atoms with Gasteiger partial charge in [0, 0.05) is 11.9 Å². The van der Waals surface area contributed by atoms with E-state index in [0.29, 0.717) is 6.04 Å². The van der Waals surface area contributed by atoms with Gasteiger partial charge >= 0.3 is 5.97 Å². The largest absolute Gasteiger partial charge is 0.481 e. The summed E-state index contributed by atoms with van der Waals surface area (Å²) >= 11 is 0. The fraction of sp³-hybridized carbons (Fsp3) is 0.636. The molecule has 15 heavy (non-hydrogen) atoms. The van der Waals surface area contributed by atoms with Gasteiger partial charge in [0.15, 0.2) is 0 Å². The lowest BCUT2D eigenvalue weighted by molar-refractivity contribution is -0.136. The van der Waals surface area contributed by atoms with E-state index in [2.05, 4.69) is 5.10 Å². The summed E-state index contributed by atoms with van der Waals surface area (Å²) in [5.74, 6) is -0.785. The zero-order valence-corrected chi connectivity index (χ0v) is 8.72. The molecule has 1 aromatic heterocycles. The van der Waals surface area contributed by atoms with E-state index >= 15 is 0 Å². The molecular formula is C11H16N2O2. The molecule has 1 N–H and O–H groups in total. The summed E-state index contributed by atoms with van der Waals surface area (Å²) in [7, 11) is 0. The Balaban J connectivity index is 2.12. The number of carboxylic acids is 1. The first kappa shape index (κ1) is 10.2. The number of hydrogen-bond donors (Lipinski definition) is 1. The van der Waals surface area contributed by atoms with Gasteiger partial charge in [-0.15, -0.1) is 0 Å². The fourth-order valence-electron chi connectivity index (χ4n) is 2.29. The van der Waals surface area contributed by atoms with Gasteiger partial charge in [-0.2, -0.15) is 5.10 Å². The third-order valence-electron chi connectivity index (χ3n) is 3.01. The SMILES string of the molecule is O=C(O)Cc1ccnn1C1CCCCC1. The van der Waals surface area contributed by atoms with Gasteiger partial charge in [0.25, 0.3) is 0 Å². The maximum absolute atomic E-state index is 10.7. The van der Waals surface area contributed by atoms with Crippen LogP contribution in [0, 0.1) is 0 Å². The van der Waals surface area contributed by atoms with Gasteiger partial charge in [-0.25, -0.2) is 0 Å². The van der Waals surface area contributed by atoms with E-state index in [1.807, 2.05) is 10.7 Å². The Morgan fingerprint density at radius 1 is 1.47 bits per heavy atom. The second-order valence-electron chi connectivity index (χ2n) is 4.13. The van der Waals surface area contributed by atoms with Crippen LogP contribution in [0.25, 0.3) is 0 Å². The molecule has 2 rings (SSSR count). The lowest BCUT2D eigenvalue weighted by Gasteiger charge is -2.23. The first-order valence-electron chi connectivity index (χ1n) is 5.51. The molecule has 0 unspecified atom stereocenters. The summed E-state index contributed by atoms with van der Waals surface area (Å²) in [5, 5.41) is 13.0. The van der Waals surface area contributed by atoms with E-state index in [0.717, 1.165) is 18.5 Å². The molecule has 0 bridgehead atoms. The van der Waals surface area contributed by atoms with Crippen LogP contribution in [0.4, 0.5) is 0 Å². The molecule has 4 heteroatoms. The predicted octanol–water partition coefficient (Wildman–Crippen LogP) is 2.02. The van der Waals surface area contributed by atoms with Crippen molar-refractivity contribution in [2.24, 2.45) is 0 Å². The maximum Gasteiger partial charge on any atom is 0.309 e. The van der Waals surface area contributed by atoms with Crippen LogP contribution in [0.2, 0.25) is 0 Å². The highest BCUT2D eigenvalue weighted by atomic mass is 16.4. The van der Waals surface area contributed by atoms with Crippen LogP contribution in [0.1, 0.15) is 43.8 Å².